The van der Waals surface area contributed by atoms with Gasteiger partial charge in [0.2, 0.25) is 0 Å². The van der Waals surface area contributed by atoms with Gasteiger partial charge in [-0.1, -0.05) is 63.2 Å². The summed E-state index contributed by atoms with van der Waals surface area (Å²) in [6, 6.07) is 14.7. The van der Waals surface area contributed by atoms with Gasteiger partial charge in [0.15, 0.2) is 0 Å². The van der Waals surface area contributed by atoms with Crippen LogP contribution in [0, 0.1) is 0 Å². The summed E-state index contributed by atoms with van der Waals surface area (Å²) in [6.07, 6.45) is 3.71. The number of carbonyl (C=O) groups is 1. The highest BCUT2D eigenvalue weighted by Gasteiger charge is 2.09. The molecular weight excluding hydrogens is 296 g/mol. The van der Waals surface area contributed by atoms with E-state index in [1.54, 1.807) is 0 Å². The molecule has 128 valence electrons. The highest BCUT2D eigenvalue weighted by molar-refractivity contribution is 5.91. The van der Waals surface area contributed by atoms with Crippen LogP contribution in [-0.2, 0) is 25.7 Å². The van der Waals surface area contributed by atoms with Crippen molar-refractivity contribution in [2.24, 2.45) is 0 Å². The van der Waals surface area contributed by atoms with Gasteiger partial charge in [-0.25, -0.2) is 4.79 Å². The first kappa shape index (κ1) is 18.1. The van der Waals surface area contributed by atoms with Gasteiger partial charge in [-0.3, -0.25) is 0 Å². The smallest absolute Gasteiger partial charge is 0.319 e. The Kier molecular flexibility index (Phi) is 6.86. The van der Waals surface area contributed by atoms with Gasteiger partial charge < -0.3 is 10.6 Å². The Labute approximate surface area is 145 Å². The SMILES string of the molecule is CCc1ccc(CCNC(=O)Nc2c(CC)cccc2CC)cc1. The molecule has 3 nitrogen and oxygen atoms in total. The first-order chi connectivity index (χ1) is 11.7. The molecule has 3 heteroatoms. The van der Waals surface area contributed by atoms with Crippen molar-refractivity contribution in [2.75, 3.05) is 11.9 Å². The first-order valence-electron chi connectivity index (χ1n) is 8.91. The maximum absolute atomic E-state index is 12.2. The fourth-order valence-electron chi connectivity index (χ4n) is 2.82. The molecule has 0 aliphatic carbocycles. The summed E-state index contributed by atoms with van der Waals surface area (Å²) in [6.45, 7) is 7.00. The molecule has 0 saturated carbocycles. The van der Waals surface area contributed by atoms with Crippen LogP contribution in [0.25, 0.3) is 0 Å². The monoisotopic (exact) mass is 324 g/mol. The second-order valence-electron chi connectivity index (χ2n) is 5.96. The quantitative estimate of drug-likeness (QED) is 0.759. The lowest BCUT2D eigenvalue weighted by atomic mass is 10.0. The van der Waals surface area contributed by atoms with Crippen molar-refractivity contribution in [3.63, 3.8) is 0 Å². The van der Waals surface area contributed by atoms with E-state index >= 15 is 0 Å². The number of hydrogen-bond donors (Lipinski definition) is 2. The molecule has 0 fully saturated rings. The van der Waals surface area contributed by atoms with Crippen molar-refractivity contribution < 1.29 is 4.79 Å². The Morgan fingerprint density at radius 3 is 1.96 bits per heavy atom. The Morgan fingerprint density at radius 1 is 0.833 bits per heavy atom. The second kappa shape index (κ2) is 9.11. The molecule has 0 bridgehead atoms. The number of rotatable bonds is 7. The van der Waals surface area contributed by atoms with E-state index in [9.17, 15) is 4.79 Å². The lowest BCUT2D eigenvalue weighted by molar-refractivity contribution is 0.252. The summed E-state index contributed by atoms with van der Waals surface area (Å²) in [5.74, 6) is 0. The number of carbonyl (C=O) groups excluding carboxylic acids is 1. The van der Waals surface area contributed by atoms with Crippen molar-refractivity contribution in [3.05, 3.63) is 64.7 Å². The first-order valence-corrected chi connectivity index (χ1v) is 8.91. The summed E-state index contributed by atoms with van der Waals surface area (Å²) < 4.78 is 0. The third kappa shape index (κ3) is 4.85. The van der Waals surface area contributed by atoms with E-state index in [0.717, 1.165) is 31.4 Å². The molecular formula is C21H28N2O. The van der Waals surface area contributed by atoms with Crippen LogP contribution in [0.4, 0.5) is 10.5 Å². The fourth-order valence-corrected chi connectivity index (χ4v) is 2.82. The summed E-state index contributed by atoms with van der Waals surface area (Å²) in [7, 11) is 0. The number of amides is 2. The molecule has 2 aromatic carbocycles. The minimum atomic E-state index is -0.129. The van der Waals surface area contributed by atoms with Gasteiger partial charge in [0.05, 0.1) is 0 Å². The van der Waals surface area contributed by atoms with E-state index in [0.29, 0.717) is 6.54 Å². The van der Waals surface area contributed by atoms with E-state index in [-0.39, 0.29) is 6.03 Å². The van der Waals surface area contributed by atoms with Crippen molar-refractivity contribution in [1.82, 2.24) is 5.32 Å². The summed E-state index contributed by atoms with van der Waals surface area (Å²) in [5.41, 5.74) is 5.91. The predicted molar refractivity (Wildman–Crippen MR) is 102 cm³/mol. The third-order valence-electron chi connectivity index (χ3n) is 4.37. The molecule has 2 aromatic rings. The van der Waals surface area contributed by atoms with Crippen LogP contribution in [0.1, 0.15) is 43.0 Å². The average molecular weight is 324 g/mol. The molecule has 0 spiro atoms. The highest BCUT2D eigenvalue weighted by Crippen LogP contribution is 2.22. The molecule has 2 amide bonds. The minimum absolute atomic E-state index is 0.129. The topological polar surface area (TPSA) is 41.1 Å². The lowest BCUT2D eigenvalue weighted by Crippen LogP contribution is -2.31. The molecule has 24 heavy (non-hydrogen) atoms. The van der Waals surface area contributed by atoms with Crippen LogP contribution in [-0.4, -0.2) is 12.6 Å². The van der Waals surface area contributed by atoms with Crippen molar-refractivity contribution in [1.29, 1.82) is 0 Å². The molecule has 0 aliphatic heterocycles. The maximum Gasteiger partial charge on any atom is 0.319 e. The fraction of sp³-hybridized carbons (Fsp3) is 0.381. The van der Waals surface area contributed by atoms with E-state index in [2.05, 4.69) is 73.9 Å². The zero-order valence-corrected chi connectivity index (χ0v) is 15.0. The Hall–Kier alpha value is -2.29. The molecule has 0 aliphatic rings. The number of benzene rings is 2. The molecule has 0 heterocycles. The van der Waals surface area contributed by atoms with Crippen LogP contribution >= 0.6 is 0 Å². The molecule has 0 aromatic heterocycles. The van der Waals surface area contributed by atoms with Gasteiger partial charge in [0.25, 0.3) is 0 Å². The number of nitrogens with one attached hydrogen (secondary N) is 2. The zero-order valence-electron chi connectivity index (χ0n) is 15.0. The number of aryl methyl sites for hydroxylation is 3. The maximum atomic E-state index is 12.2. The van der Waals surface area contributed by atoms with Crippen LogP contribution in [0.5, 0.6) is 0 Å². The lowest BCUT2D eigenvalue weighted by Gasteiger charge is -2.15. The van der Waals surface area contributed by atoms with E-state index in [1.165, 1.54) is 22.3 Å². The summed E-state index contributed by atoms with van der Waals surface area (Å²) in [5, 5.41) is 6.00. The summed E-state index contributed by atoms with van der Waals surface area (Å²) in [4.78, 5) is 12.2. The van der Waals surface area contributed by atoms with Crippen molar-refractivity contribution in [3.8, 4) is 0 Å². The summed E-state index contributed by atoms with van der Waals surface area (Å²) >= 11 is 0. The van der Waals surface area contributed by atoms with Gasteiger partial charge in [0, 0.05) is 12.2 Å². The Morgan fingerprint density at radius 2 is 1.42 bits per heavy atom. The number of para-hydroxylation sites is 1. The van der Waals surface area contributed by atoms with Crippen LogP contribution in [0.2, 0.25) is 0 Å². The number of hydrogen-bond acceptors (Lipinski definition) is 1. The Balaban J connectivity index is 1.89. The second-order valence-corrected chi connectivity index (χ2v) is 5.96. The van der Waals surface area contributed by atoms with E-state index in [4.69, 9.17) is 0 Å². The number of anilines is 1. The molecule has 0 atom stereocenters. The zero-order chi connectivity index (χ0) is 17.4. The molecule has 2 rings (SSSR count). The van der Waals surface area contributed by atoms with E-state index in [1.807, 2.05) is 0 Å². The van der Waals surface area contributed by atoms with Crippen molar-refractivity contribution in [2.45, 2.75) is 46.5 Å². The third-order valence-corrected chi connectivity index (χ3v) is 4.37. The van der Waals surface area contributed by atoms with Crippen LogP contribution in [0.3, 0.4) is 0 Å². The molecule has 0 unspecified atom stereocenters. The van der Waals surface area contributed by atoms with Crippen LogP contribution in [0.15, 0.2) is 42.5 Å². The minimum Gasteiger partial charge on any atom is -0.338 e. The normalized spacial score (nSPS) is 10.5. The van der Waals surface area contributed by atoms with Gasteiger partial charge in [0.1, 0.15) is 0 Å². The molecule has 0 radical (unpaired) electrons. The highest BCUT2D eigenvalue weighted by atomic mass is 16.2. The van der Waals surface area contributed by atoms with Crippen LogP contribution < -0.4 is 10.6 Å². The Bertz CT molecular complexity index is 640. The molecule has 2 N–H and O–H groups in total. The van der Waals surface area contributed by atoms with Gasteiger partial charge in [-0.15, -0.1) is 0 Å². The standard InChI is InChI=1S/C21H28N2O/c1-4-16-10-12-17(13-11-16)14-15-22-21(24)23-20-18(5-2)8-7-9-19(20)6-3/h7-13H,4-6,14-15H2,1-3H3,(H2,22,23,24). The van der Waals surface area contributed by atoms with Gasteiger partial charge >= 0.3 is 6.03 Å². The predicted octanol–water partition coefficient (Wildman–Crippen LogP) is 4.74. The average Bonchev–Trinajstić information content (AvgIpc) is 2.62. The van der Waals surface area contributed by atoms with Gasteiger partial charge in [-0.2, -0.15) is 0 Å². The largest absolute Gasteiger partial charge is 0.338 e. The van der Waals surface area contributed by atoms with Gasteiger partial charge in [-0.05, 0) is 47.9 Å². The van der Waals surface area contributed by atoms with Crippen molar-refractivity contribution >= 4 is 11.7 Å². The number of urea groups is 1. The molecule has 0 saturated heterocycles. The van der Waals surface area contributed by atoms with E-state index < -0.39 is 0 Å².